The molecule has 0 unspecified atom stereocenters. The third-order valence-electron chi connectivity index (χ3n) is 2.85. The molecule has 0 atom stereocenters. The smallest absolute Gasteiger partial charge is 0.178 e. The summed E-state index contributed by atoms with van der Waals surface area (Å²) in [4.78, 5) is 16.6. The van der Waals surface area contributed by atoms with Crippen LogP contribution in [0.2, 0.25) is 0 Å². The van der Waals surface area contributed by atoms with Crippen molar-refractivity contribution in [1.82, 2.24) is 9.80 Å². The molecule has 0 saturated carbocycles. The highest BCUT2D eigenvalue weighted by atomic mass is 79.9. The van der Waals surface area contributed by atoms with Gasteiger partial charge in [-0.05, 0) is 78.1 Å². The normalized spacial score (nSPS) is 11.5. The van der Waals surface area contributed by atoms with Crippen LogP contribution in [-0.4, -0.2) is 55.9 Å². The predicted molar refractivity (Wildman–Crippen MR) is 89.3 cm³/mol. The monoisotopic (exact) mass is 410 g/mol. The van der Waals surface area contributed by atoms with Crippen molar-refractivity contribution in [3.8, 4) is 0 Å². The average Bonchev–Trinajstić information content (AvgIpc) is 2.66. The predicted octanol–water partition coefficient (Wildman–Crippen LogP) is 3.73. The Labute approximate surface area is 136 Å². The molecule has 1 heterocycles. The van der Waals surface area contributed by atoms with Gasteiger partial charge in [0.25, 0.3) is 0 Å². The van der Waals surface area contributed by atoms with Gasteiger partial charge in [-0.15, -0.1) is 11.3 Å². The molecular formula is C13H20Br2N2OS. The van der Waals surface area contributed by atoms with Crippen LogP contribution < -0.4 is 0 Å². The zero-order valence-corrected chi connectivity index (χ0v) is 15.6. The van der Waals surface area contributed by atoms with Gasteiger partial charge in [0.2, 0.25) is 0 Å². The van der Waals surface area contributed by atoms with Crippen molar-refractivity contribution < 1.29 is 4.79 Å². The lowest BCUT2D eigenvalue weighted by atomic mass is 10.2. The third kappa shape index (κ3) is 6.04. The van der Waals surface area contributed by atoms with Crippen LogP contribution in [0, 0.1) is 0 Å². The molecule has 0 bridgehead atoms. The number of ketones is 1. The summed E-state index contributed by atoms with van der Waals surface area (Å²) in [6.07, 6.45) is 1.09. The Morgan fingerprint density at radius 2 is 2.00 bits per heavy atom. The van der Waals surface area contributed by atoms with Gasteiger partial charge in [-0.2, -0.15) is 0 Å². The lowest BCUT2D eigenvalue weighted by Gasteiger charge is -2.20. The van der Waals surface area contributed by atoms with Gasteiger partial charge >= 0.3 is 0 Å². The average molecular weight is 412 g/mol. The number of rotatable bonds is 8. The minimum absolute atomic E-state index is 0.181. The van der Waals surface area contributed by atoms with Crippen molar-refractivity contribution in [2.45, 2.75) is 13.3 Å². The molecule has 0 amide bonds. The standard InChI is InChI=1S/C13H20Br2N2OS/c1-4-17(7-5-6-16(2)3)9-11(18)10-8-12(14)19-13(10)15/h8H,4-7,9H2,1-3H3. The van der Waals surface area contributed by atoms with E-state index < -0.39 is 0 Å². The molecule has 3 nitrogen and oxygen atoms in total. The lowest BCUT2D eigenvalue weighted by Crippen LogP contribution is -2.32. The number of hydrogen-bond donors (Lipinski definition) is 0. The number of thiophene rings is 1. The first-order valence-electron chi connectivity index (χ1n) is 6.29. The molecule has 108 valence electrons. The van der Waals surface area contributed by atoms with E-state index in [2.05, 4.69) is 62.7 Å². The first kappa shape index (κ1) is 17.3. The third-order valence-corrected chi connectivity index (χ3v) is 5.19. The molecule has 0 radical (unpaired) electrons. The highest BCUT2D eigenvalue weighted by molar-refractivity contribution is 9.12. The van der Waals surface area contributed by atoms with Crippen LogP contribution in [0.5, 0.6) is 0 Å². The molecule has 1 aromatic rings. The van der Waals surface area contributed by atoms with E-state index in [0.717, 1.165) is 39.2 Å². The van der Waals surface area contributed by atoms with Gasteiger partial charge in [-0.3, -0.25) is 9.69 Å². The van der Waals surface area contributed by atoms with E-state index in [0.29, 0.717) is 6.54 Å². The summed E-state index contributed by atoms with van der Waals surface area (Å²) in [5.41, 5.74) is 0.780. The Hall–Kier alpha value is 0.250. The number of likely N-dealkylation sites (N-methyl/N-ethyl adjacent to an activating group) is 1. The molecule has 0 aliphatic rings. The van der Waals surface area contributed by atoms with E-state index in [1.54, 1.807) is 11.3 Å². The van der Waals surface area contributed by atoms with Crippen LogP contribution in [-0.2, 0) is 0 Å². The number of carbonyl (C=O) groups is 1. The molecule has 0 aliphatic carbocycles. The summed E-state index contributed by atoms with van der Waals surface area (Å²) in [7, 11) is 4.14. The van der Waals surface area contributed by atoms with E-state index in [4.69, 9.17) is 0 Å². The Balaban J connectivity index is 2.51. The minimum Gasteiger partial charge on any atom is -0.309 e. The molecule has 0 spiro atoms. The number of Topliss-reactive ketones (excluding diaryl/α,β-unsaturated/α-hetero) is 1. The maximum Gasteiger partial charge on any atom is 0.178 e. The molecular weight excluding hydrogens is 392 g/mol. The maximum atomic E-state index is 12.2. The molecule has 1 rings (SSSR count). The van der Waals surface area contributed by atoms with Crippen LogP contribution in [0.4, 0.5) is 0 Å². The molecule has 0 N–H and O–H groups in total. The summed E-state index contributed by atoms with van der Waals surface area (Å²) < 4.78 is 1.90. The van der Waals surface area contributed by atoms with Crippen LogP contribution in [0.3, 0.4) is 0 Å². The van der Waals surface area contributed by atoms with Crippen molar-refractivity contribution in [3.63, 3.8) is 0 Å². The van der Waals surface area contributed by atoms with Crippen LogP contribution in [0.1, 0.15) is 23.7 Å². The summed E-state index contributed by atoms with van der Waals surface area (Å²) in [6.45, 7) is 5.51. The van der Waals surface area contributed by atoms with E-state index in [1.807, 2.05) is 6.07 Å². The molecule has 0 fully saturated rings. The number of hydrogen-bond acceptors (Lipinski definition) is 4. The van der Waals surface area contributed by atoms with E-state index in [-0.39, 0.29) is 5.78 Å². The van der Waals surface area contributed by atoms with Crippen molar-refractivity contribution in [1.29, 1.82) is 0 Å². The number of carbonyl (C=O) groups excluding carboxylic acids is 1. The fourth-order valence-electron chi connectivity index (χ4n) is 1.78. The fourth-order valence-corrected chi connectivity index (χ4v) is 4.63. The van der Waals surface area contributed by atoms with Gasteiger partial charge < -0.3 is 4.90 Å². The lowest BCUT2D eigenvalue weighted by molar-refractivity contribution is 0.0931. The van der Waals surface area contributed by atoms with Crippen molar-refractivity contribution in [3.05, 3.63) is 19.2 Å². The highest BCUT2D eigenvalue weighted by Crippen LogP contribution is 2.32. The summed E-state index contributed by atoms with van der Waals surface area (Å²) in [6, 6.07) is 1.89. The first-order chi connectivity index (χ1) is 8.93. The zero-order chi connectivity index (χ0) is 14.4. The van der Waals surface area contributed by atoms with Gasteiger partial charge in [0.1, 0.15) is 0 Å². The van der Waals surface area contributed by atoms with Crippen LogP contribution in [0.15, 0.2) is 13.6 Å². The second-order valence-corrected chi connectivity index (χ2v) is 8.44. The van der Waals surface area contributed by atoms with Gasteiger partial charge in [0, 0.05) is 5.56 Å². The zero-order valence-electron chi connectivity index (χ0n) is 11.6. The van der Waals surface area contributed by atoms with Crippen LogP contribution in [0.25, 0.3) is 0 Å². The van der Waals surface area contributed by atoms with E-state index in [1.165, 1.54) is 0 Å². The van der Waals surface area contributed by atoms with Crippen molar-refractivity contribution >= 4 is 49.0 Å². The topological polar surface area (TPSA) is 23.6 Å². The molecule has 0 aromatic carbocycles. The summed E-state index contributed by atoms with van der Waals surface area (Å²) >= 11 is 8.39. The summed E-state index contributed by atoms with van der Waals surface area (Å²) in [5, 5.41) is 0. The Bertz CT molecular complexity index is 421. The van der Waals surface area contributed by atoms with Gasteiger partial charge in [0.15, 0.2) is 5.78 Å². The van der Waals surface area contributed by atoms with Gasteiger partial charge in [-0.1, -0.05) is 6.92 Å². The Morgan fingerprint density at radius 3 is 2.47 bits per heavy atom. The number of nitrogens with zero attached hydrogens (tertiary/aromatic N) is 2. The Morgan fingerprint density at radius 1 is 1.32 bits per heavy atom. The van der Waals surface area contributed by atoms with Gasteiger partial charge in [-0.25, -0.2) is 0 Å². The highest BCUT2D eigenvalue weighted by Gasteiger charge is 2.16. The molecule has 1 aromatic heterocycles. The van der Waals surface area contributed by atoms with E-state index in [9.17, 15) is 4.79 Å². The number of halogens is 2. The Kier molecular flexibility index (Phi) is 7.76. The SMILES string of the molecule is CCN(CCCN(C)C)CC(=O)c1cc(Br)sc1Br. The largest absolute Gasteiger partial charge is 0.309 e. The minimum atomic E-state index is 0.181. The quantitative estimate of drug-likeness (QED) is 0.609. The van der Waals surface area contributed by atoms with Crippen molar-refractivity contribution in [2.75, 3.05) is 40.3 Å². The maximum absolute atomic E-state index is 12.2. The second kappa shape index (κ2) is 8.52. The first-order valence-corrected chi connectivity index (χ1v) is 8.69. The molecule has 6 heteroatoms. The van der Waals surface area contributed by atoms with Crippen molar-refractivity contribution in [2.24, 2.45) is 0 Å². The molecule has 0 aliphatic heterocycles. The molecule has 19 heavy (non-hydrogen) atoms. The summed E-state index contributed by atoms with van der Waals surface area (Å²) in [5.74, 6) is 0.181. The molecule has 0 saturated heterocycles. The van der Waals surface area contributed by atoms with Crippen LogP contribution >= 0.6 is 43.2 Å². The van der Waals surface area contributed by atoms with E-state index >= 15 is 0 Å². The fraction of sp³-hybridized carbons (Fsp3) is 0.615. The second-order valence-electron chi connectivity index (χ2n) is 4.69. The van der Waals surface area contributed by atoms with Gasteiger partial charge in [0.05, 0.1) is 14.1 Å².